The summed E-state index contributed by atoms with van der Waals surface area (Å²) in [5.74, 6) is 0.0999. The predicted octanol–water partition coefficient (Wildman–Crippen LogP) is 2.88. The molecule has 0 saturated heterocycles. The van der Waals surface area contributed by atoms with Gasteiger partial charge in [-0.15, -0.1) is 11.3 Å². The topological polar surface area (TPSA) is 41.1 Å². The van der Waals surface area contributed by atoms with E-state index < -0.39 is 0 Å². The van der Waals surface area contributed by atoms with Gasteiger partial charge in [-0.3, -0.25) is 4.79 Å². The second kappa shape index (κ2) is 8.33. The Balaban J connectivity index is 2.26. The van der Waals surface area contributed by atoms with Crippen molar-refractivity contribution in [2.24, 2.45) is 0 Å². The zero-order valence-electron chi connectivity index (χ0n) is 12.5. The van der Waals surface area contributed by atoms with Crippen LogP contribution in [0.4, 0.5) is 0 Å². The van der Waals surface area contributed by atoms with Crippen LogP contribution in [0.1, 0.15) is 43.4 Å². The van der Waals surface area contributed by atoms with E-state index in [0.717, 1.165) is 19.3 Å². The van der Waals surface area contributed by atoms with Crippen molar-refractivity contribution in [3.8, 4) is 0 Å². The predicted molar refractivity (Wildman–Crippen MR) is 82.7 cm³/mol. The van der Waals surface area contributed by atoms with Crippen molar-refractivity contribution < 1.29 is 4.79 Å². The van der Waals surface area contributed by atoms with Gasteiger partial charge in [0.05, 0.1) is 6.54 Å². The van der Waals surface area contributed by atoms with E-state index >= 15 is 0 Å². The number of nitrogens with one attached hydrogen (secondary N) is 2. The molecular weight excluding hydrogens is 256 g/mol. The summed E-state index contributed by atoms with van der Waals surface area (Å²) >= 11 is 1.83. The summed E-state index contributed by atoms with van der Waals surface area (Å²) in [5.41, 5.74) is 0. The molecule has 0 aliphatic rings. The molecule has 0 aliphatic carbocycles. The van der Waals surface area contributed by atoms with Gasteiger partial charge in [0.2, 0.25) is 5.91 Å². The minimum Gasteiger partial charge on any atom is -0.352 e. The first-order valence-corrected chi connectivity index (χ1v) is 7.94. The summed E-state index contributed by atoms with van der Waals surface area (Å²) in [6.45, 7) is 8.85. The highest BCUT2D eigenvalue weighted by molar-refractivity contribution is 7.11. The Hall–Kier alpha value is -0.870. The van der Waals surface area contributed by atoms with Crippen LogP contribution in [0.2, 0.25) is 0 Å². The Morgan fingerprint density at radius 3 is 2.53 bits per heavy atom. The highest BCUT2D eigenvalue weighted by Crippen LogP contribution is 2.16. The van der Waals surface area contributed by atoms with E-state index in [-0.39, 0.29) is 5.91 Å². The highest BCUT2D eigenvalue weighted by Gasteiger charge is 2.10. The third kappa shape index (κ3) is 6.21. The molecule has 0 spiro atoms. The number of hydrogen-bond donors (Lipinski definition) is 2. The lowest BCUT2D eigenvalue weighted by Gasteiger charge is -2.17. The summed E-state index contributed by atoms with van der Waals surface area (Å²) in [6.07, 6.45) is 2.97. The molecule has 108 valence electrons. The fourth-order valence-electron chi connectivity index (χ4n) is 2.01. The molecule has 19 heavy (non-hydrogen) atoms. The Labute approximate surface area is 120 Å². The van der Waals surface area contributed by atoms with Crippen LogP contribution in [-0.2, 0) is 11.2 Å². The Morgan fingerprint density at radius 1 is 1.32 bits per heavy atom. The third-order valence-electron chi connectivity index (χ3n) is 3.27. The zero-order valence-corrected chi connectivity index (χ0v) is 13.3. The number of amides is 1. The van der Waals surface area contributed by atoms with Crippen LogP contribution in [0.25, 0.3) is 0 Å². The van der Waals surface area contributed by atoms with Gasteiger partial charge in [-0.2, -0.15) is 0 Å². The summed E-state index contributed by atoms with van der Waals surface area (Å²) in [5, 5.41) is 6.33. The average molecular weight is 282 g/mol. The van der Waals surface area contributed by atoms with Crippen LogP contribution in [0, 0.1) is 6.92 Å². The van der Waals surface area contributed by atoms with Crippen LogP contribution in [0.5, 0.6) is 0 Å². The normalized spacial score (nSPS) is 12.7. The minimum absolute atomic E-state index is 0.0999. The van der Waals surface area contributed by atoms with Crippen LogP contribution in [0.15, 0.2) is 12.1 Å². The molecule has 0 fully saturated rings. The van der Waals surface area contributed by atoms with Crippen molar-refractivity contribution in [2.45, 2.75) is 59.0 Å². The van der Waals surface area contributed by atoms with Gasteiger partial charge in [-0.25, -0.2) is 0 Å². The number of hydrogen-bond acceptors (Lipinski definition) is 3. The summed E-state index contributed by atoms with van der Waals surface area (Å²) in [7, 11) is 0. The SMILES string of the molecule is CCC(CC)NC(=O)CNC(C)Cc1ccc(C)s1. The number of aryl methyl sites for hydroxylation is 1. The first-order chi connectivity index (χ1) is 9.05. The van der Waals surface area contributed by atoms with Gasteiger partial charge in [0, 0.05) is 21.8 Å². The maximum atomic E-state index is 11.8. The number of rotatable bonds is 8. The van der Waals surface area contributed by atoms with E-state index in [0.29, 0.717) is 18.6 Å². The second-order valence-electron chi connectivity index (χ2n) is 5.08. The molecule has 4 heteroatoms. The molecule has 3 nitrogen and oxygen atoms in total. The van der Waals surface area contributed by atoms with Crippen LogP contribution in [0.3, 0.4) is 0 Å². The van der Waals surface area contributed by atoms with Gasteiger partial charge in [0.1, 0.15) is 0 Å². The molecule has 1 amide bonds. The van der Waals surface area contributed by atoms with Crippen molar-refractivity contribution in [3.63, 3.8) is 0 Å². The molecule has 2 N–H and O–H groups in total. The fourth-order valence-corrected chi connectivity index (χ4v) is 3.03. The van der Waals surface area contributed by atoms with E-state index in [1.165, 1.54) is 9.75 Å². The monoisotopic (exact) mass is 282 g/mol. The Morgan fingerprint density at radius 2 is 2.00 bits per heavy atom. The lowest BCUT2D eigenvalue weighted by Crippen LogP contribution is -2.42. The third-order valence-corrected chi connectivity index (χ3v) is 4.29. The van der Waals surface area contributed by atoms with Crippen LogP contribution in [-0.4, -0.2) is 24.5 Å². The van der Waals surface area contributed by atoms with Crippen molar-refractivity contribution in [2.75, 3.05) is 6.54 Å². The molecular formula is C15H26N2OS. The lowest BCUT2D eigenvalue weighted by atomic mass is 10.1. The number of thiophene rings is 1. The fraction of sp³-hybridized carbons (Fsp3) is 0.667. The van der Waals surface area contributed by atoms with Crippen LogP contribution >= 0.6 is 11.3 Å². The second-order valence-corrected chi connectivity index (χ2v) is 6.45. The van der Waals surface area contributed by atoms with Gasteiger partial charge < -0.3 is 10.6 Å². The van der Waals surface area contributed by atoms with Crippen molar-refractivity contribution in [1.82, 2.24) is 10.6 Å². The van der Waals surface area contributed by atoms with E-state index in [1.807, 2.05) is 11.3 Å². The highest BCUT2D eigenvalue weighted by atomic mass is 32.1. The first kappa shape index (κ1) is 16.2. The van der Waals surface area contributed by atoms with Crippen molar-refractivity contribution >= 4 is 17.2 Å². The molecule has 1 heterocycles. The summed E-state index contributed by atoms with van der Waals surface area (Å²) in [4.78, 5) is 14.5. The van der Waals surface area contributed by atoms with E-state index in [2.05, 4.69) is 50.5 Å². The molecule has 0 saturated carbocycles. The maximum absolute atomic E-state index is 11.8. The van der Waals surface area contributed by atoms with Gasteiger partial charge >= 0.3 is 0 Å². The number of carbonyl (C=O) groups excluding carboxylic acids is 1. The molecule has 1 unspecified atom stereocenters. The molecule has 1 rings (SSSR count). The zero-order chi connectivity index (χ0) is 14.3. The Kier molecular flexibility index (Phi) is 7.10. The molecule has 0 aliphatic heterocycles. The maximum Gasteiger partial charge on any atom is 0.234 e. The van der Waals surface area contributed by atoms with Gasteiger partial charge in [0.15, 0.2) is 0 Å². The molecule has 0 radical (unpaired) electrons. The molecule has 0 aromatic carbocycles. The van der Waals surface area contributed by atoms with Gasteiger partial charge in [-0.1, -0.05) is 13.8 Å². The van der Waals surface area contributed by atoms with Gasteiger partial charge in [-0.05, 0) is 45.2 Å². The van der Waals surface area contributed by atoms with Gasteiger partial charge in [0.25, 0.3) is 0 Å². The minimum atomic E-state index is 0.0999. The lowest BCUT2D eigenvalue weighted by molar-refractivity contribution is -0.121. The van der Waals surface area contributed by atoms with Crippen LogP contribution < -0.4 is 10.6 Å². The smallest absolute Gasteiger partial charge is 0.234 e. The van der Waals surface area contributed by atoms with E-state index in [1.54, 1.807) is 0 Å². The standard InChI is InChI=1S/C15H26N2OS/c1-5-13(6-2)17-15(18)10-16-11(3)9-14-8-7-12(4)19-14/h7-8,11,13,16H,5-6,9-10H2,1-4H3,(H,17,18). The first-order valence-electron chi connectivity index (χ1n) is 7.13. The van der Waals surface area contributed by atoms with Crippen molar-refractivity contribution in [1.29, 1.82) is 0 Å². The van der Waals surface area contributed by atoms with E-state index in [4.69, 9.17) is 0 Å². The summed E-state index contributed by atoms with van der Waals surface area (Å²) < 4.78 is 0. The Bertz CT molecular complexity index is 385. The van der Waals surface area contributed by atoms with E-state index in [9.17, 15) is 4.79 Å². The molecule has 1 aromatic rings. The van der Waals surface area contributed by atoms with Crippen molar-refractivity contribution in [3.05, 3.63) is 21.9 Å². The molecule has 1 aromatic heterocycles. The average Bonchev–Trinajstić information content (AvgIpc) is 2.79. The quantitative estimate of drug-likeness (QED) is 0.770. The summed E-state index contributed by atoms with van der Waals surface area (Å²) in [6, 6.07) is 4.95. The molecule has 0 bridgehead atoms. The largest absolute Gasteiger partial charge is 0.352 e. The number of carbonyl (C=O) groups is 1. The molecule has 1 atom stereocenters.